The SMILES string of the molecule is CC1CC2=CCC1C2(C)C. The molecule has 1 saturated carbocycles. The first kappa shape index (κ1) is 6.45. The molecule has 0 aromatic rings. The van der Waals surface area contributed by atoms with Crippen molar-refractivity contribution in [1.29, 1.82) is 0 Å². The van der Waals surface area contributed by atoms with Crippen molar-refractivity contribution in [2.75, 3.05) is 0 Å². The van der Waals surface area contributed by atoms with Gasteiger partial charge in [0.1, 0.15) is 0 Å². The molecule has 2 bridgehead atoms. The first-order valence-electron chi connectivity index (χ1n) is 4.32. The van der Waals surface area contributed by atoms with Crippen LogP contribution >= 0.6 is 0 Å². The van der Waals surface area contributed by atoms with Crippen molar-refractivity contribution in [2.45, 2.75) is 33.6 Å². The molecule has 2 aliphatic carbocycles. The fourth-order valence-electron chi connectivity index (χ4n) is 2.84. The normalized spacial score (nSPS) is 42.1. The van der Waals surface area contributed by atoms with Crippen LogP contribution in [0.15, 0.2) is 11.6 Å². The lowest BCUT2D eigenvalue weighted by atomic mass is 9.80. The van der Waals surface area contributed by atoms with Gasteiger partial charge in [-0.25, -0.2) is 0 Å². The first-order valence-corrected chi connectivity index (χ1v) is 4.32. The van der Waals surface area contributed by atoms with Crippen molar-refractivity contribution in [2.24, 2.45) is 17.3 Å². The van der Waals surface area contributed by atoms with E-state index >= 15 is 0 Å². The molecule has 2 atom stereocenters. The standard InChI is InChI=1S/C10H16/c1-7-6-8-4-5-9(7)10(8,2)3/h4,7,9H,5-6H2,1-3H3. The van der Waals surface area contributed by atoms with E-state index in [9.17, 15) is 0 Å². The smallest absolute Gasteiger partial charge is 0.0111 e. The molecule has 1 fully saturated rings. The lowest BCUT2D eigenvalue weighted by molar-refractivity contribution is 0.272. The molecule has 0 radical (unpaired) electrons. The topological polar surface area (TPSA) is 0 Å². The van der Waals surface area contributed by atoms with Crippen molar-refractivity contribution in [1.82, 2.24) is 0 Å². The summed E-state index contributed by atoms with van der Waals surface area (Å²) >= 11 is 0. The third-order valence-electron chi connectivity index (χ3n) is 3.60. The van der Waals surface area contributed by atoms with Crippen molar-refractivity contribution in [3.63, 3.8) is 0 Å². The minimum atomic E-state index is 0.555. The van der Waals surface area contributed by atoms with Gasteiger partial charge in [0.25, 0.3) is 0 Å². The number of hydrogen-bond donors (Lipinski definition) is 0. The second-order valence-electron chi connectivity index (χ2n) is 4.47. The van der Waals surface area contributed by atoms with E-state index in [-0.39, 0.29) is 0 Å². The van der Waals surface area contributed by atoms with Gasteiger partial charge in [0, 0.05) is 0 Å². The molecular formula is C10H16. The van der Waals surface area contributed by atoms with E-state index in [1.807, 2.05) is 0 Å². The maximum Gasteiger partial charge on any atom is -0.0111 e. The first-order chi connectivity index (χ1) is 4.62. The molecule has 2 rings (SSSR count). The highest BCUT2D eigenvalue weighted by atomic mass is 14.5. The maximum atomic E-state index is 2.46. The van der Waals surface area contributed by atoms with Gasteiger partial charge in [-0.1, -0.05) is 32.4 Å². The quantitative estimate of drug-likeness (QED) is 0.449. The van der Waals surface area contributed by atoms with Crippen molar-refractivity contribution >= 4 is 0 Å². The molecule has 56 valence electrons. The Kier molecular flexibility index (Phi) is 1.07. The minimum Gasteiger partial charge on any atom is -0.0845 e. The van der Waals surface area contributed by atoms with E-state index in [4.69, 9.17) is 0 Å². The molecule has 2 unspecified atom stereocenters. The van der Waals surface area contributed by atoms with Crippen LogP contribution in [0.1, 0.15) is 33.6 Å². The summed E-state index contributed by atoms with van der Waals surface area (Å²) < 4.78 is 0. The third-order valence-corrected chi connectivity index (χ3v) is 3.60. The molecule has 0 nitrogen and oxygen atoms in total. The number of fused-ring (bicyclic) bond motifs is 2. The summed E-state index contributed by atoms with van der Waals surface area (Å²) in [7, 11) is 0. The maximum absolute atomic E-state index is 2.46. The van der Waals surface area contributed by atoms with Crippen LogP contribution in [-0.2, 0) is 0 Å². The molecular weight excluding hydrogens is 120 g/mol. The average Bonchev–Trinajstić information content (AvgIpc) is 2.20. The summed E-state index contributed by atoms with van der Waals surface area (Å²) in [6.07, 6.45) is 5.19. The van der Waals surface area contributed by atoms with Crippen LogP contribution in [0.3, 0.4) is 0 Å². The molecule has 0 amide bonds. The van der Waals surface area contributed by atoms with E-state index in [2.05, 4.69) is 26.8 Å². The fourth-order valence-corrected chi connectivity index (χ4v) is 2.84. The van der Waals surface area contributed by atoms with E-state index < -0.39 is 0 Å². The minimum absolute atomic E-state index is 0.555. The van der Waals surface area contributed by atoms with E-state index in [0.29, 0.717) is 5.41 Å². The number of hydrogen-bond acceptors (Lipinski definition) is 0. The van der Waals surface area contributed by atoms with Gasteiger partial charge in [-0.2, -0.15) is 0 Å². The molecule has 0 aromatic heterocycles. The van der Waals surface area contributed by atoms with Gasteiger partial charge in [-0.05, 0) is 30.1 Å². The lowest BCUT2D eigenvalue weighted by Crippen LogP contribution is -2.17. The van der Waals surface area contributed by atoms with Gasteiger partial charge in [0.05, 0.1) is 0 Å². The van der Waals surface area contributed by atoms with Crippen LogP contribution in [0.2, 0.25) is 0 Å². The van der Waals surface area contributed by atoms with Crippen LogP contribution in [0.5, 0.6) is 0 Å². The zero-order valence-electron chi connectivity index (χ0n) is 7.15. The highest BCUT2D eigenvalue weighted by molar-refractivity contribution is 5.27. The molecule has 0 heterocycles. The Morgan fingerprint density at radius 3 is 2.40 bits per heavy atom. The zero-order valence-corrected chi connectivity index (χ0v) is 7.15. The summed E-state index contributed by atoms with van der Waals surface area (Å²) in [6.45, 7) is 7.20. The van der Waals surface area contributed by atoms with Gasteiger partial charge in [-0.15, -0.1) is 0 Å². The number of rotatable bonds is 0. The highest BCUT2D eigenvalue weighted by Gasteiger charge is 2.46. The summed E-state index contributed by atoms with van der Waals surface area (Å²) in [5, 5.41) is 0. The second-order valence-corrected chi connectivity index (χ2v) is 4.47. The second kappa shape index (κ2) is 1.66. The molecule has 2 aliphatic rings. The van der Waals surface area contributed by atoms with Crippen LogP contribution in [0, 0.1) is 17.3 Å². The van der Waals surface area contributed by atoms with Crippen molar-refractivity contribution < 1.29 is 0 Å². The van der Waals surface area contributed by atoms with Gasteiger partial charge in [-0.3, -0.25) is 0 Å². The molecule has 0 saturated heterocycles. The predicted octanol–water partition coefficient (Wildman–Crippen LogP) is 3.00. The molecule has 0 heteroatoms. The van der Waals surface area contributed by atoms with Gasteiger partial charge in [0.2, 0.25) is 0 Å². The Morgan fingerprint density at radius 2 is 2.20 bits per heavy atom. The fraction of sp³-hybridized carbons (Fsp3) is 0.800. The van der Waals surface area contributed by atoms with Gasteiger partial charge < -0.3 is 0 Å². The van der Waals surface area contributed by atoms with Crippen molar-refractivity contribution in [3.8, 4) is 0 Å². The predicted molar refractivity (Wildman–Crippen MR) is 43.8 cm³/mol. The Morgan fingerprint density at radius 1 is 1.50 bits per heavy atom. The van der Waals surface area contributed by atoms with E-state index in [0.717, 1.165) is 11.8 Å². The highest BCUT2D eigenvalue weighted by Crippen LogP contribution is 2.56. The van der Waals surface area contributed by atoms with Gasteiger partial charge in [0.15, 0.2) is 0 Å². The van der Waals surface area contributed by atoms with Gasteiger partial charge >= 0.3 is 0 Å². The summed E-state index contributed by atoms with van der Waals surface area (Å²) in [6, 6.07) is 0. The van der Waals surface area contributed by atoms with Crippen molar-refractivity contribution in [3.05, 3.63) is 11.6 Å². The van der Waals surface area contributed by atoms with E-state index in [1.54, 1.807) is 5.57 Å². The lowest BCUT2D eigenvalue weighted by Gasteiger charge is -2.24. The molecule has 0 spiro atoms. The zero-order chi connectivity index (χ0) is 7.35. The Bertz CT molecular complexity index is 186. The average molecular weight is 136 g/mol. The molecule has 10 heavy (non-hydrogen) atoms. The number of allylic oxidation sites excluding steroid dienone is 2. The summed E-state index contributed by atoms with van der Waals surface area (Å²) in [5.74, 6) is 1.91. The third kappa shape index (κ3) is 0.574. The summed E-state index contributed by atoms with van der Waals surface area (Å²) in [4.78, 5) is 0. The Labute approximate surface area is 63.3 Å². The summed E-state index contributed by atoms with van der Waals surface area (Å²) in [5.41, 5.74) is 2.28. The molecule has 0 N–H and O–H groups in total. The largest absolute Gasteiger partial charge is 0.0845 e. The van der Waals surface area contributed by atoms with Crippen LogP contribution in [0.25, 0.3) is 0 Å². The Hall–Kier alpha value is -0.260. The Balaban J connectivity index is 2.38. The van der Waals surface area contributed by atoms with Crippen LogP contribution in [0.4, 0.5) is 0 Å². The van der Waals surface area contributed by atoms with Crippen LogP contribution in [-0.4, -0.2) is 0 Å². The molecule has 0 aromatic carbocycles. The van der Waals surface area contributed by atoms with Crippen LogP contribution < -0.4 is 0 Å². The molecule has 0 aliphatic heterocycles. The van der Waals surface area contributed by atoms with E-state index in [1.165, 1.54) is 12.8 Å². The monoisotopic (exact) mass is 136 g/mol.